The first-order valence-electron chi connectivity index (χ1n) is 17.7. The first-order chi connectivity index (χ1) is 24.6. The fourth-order valence-corrected chi connectivity index (χ4v) is 8.33. The lowest BCUT2D eigenvalue weighted by Gasteiger charge is -2.54. The highest BCUT2D eigenvalue weighted by molar-refractivity contribution is 6.13. The second-order valence-corrected chi connectivity index (χ2v) is 14.2. The Kier molecular flexibility index (Phi) is 9.07. The van der Waals surface area contributed by atoms with Crippen molar-refractivity contribution >= 4 is 34.3 Å². The summed E-state index contributed by atoms with van der Waals surface area (Å²) in [4.78, 5) is 65.6. The van der Waals surface area contributed by atoms with Crippen LogP contribution in [0.1, 0.15) is 72.0 Å². The summed E-state index contributed by atoms with van der Waals surface area (Å²) in [5.41, 5.74) is 5.14. The number of ketones is 2. The van der Waals surface area contributed by atoms with Gasteiger partial charge in [-0.15, -0.1) is 0 Å². The number of hydrogen-bond acceptors (Lipinski definition) is 7. The van der Waals surface area contributed by atoms with Crippen molar-refractivity contribution in [1.82, 2.24) is 19.4 Å². The van der Waals surface area contributed by atoms with Crippen molar-refractivity contribution in [3.63, 3.8) is 0 Å². The van der Waals surface area contributed by atoms with E-state index in [0.717, 1.165) is 52.5 Å². The summed E-state index contributed by atoms with van der Waals surface area (Å²) in [5, 5.41) is 3.89. The fraction of sp³-hybridized carbons (Fsp3) is 0.425. The lowest BCUT2D eigenvalue weighted by Crippen LogP contribution is -2.67. The third-order valence-corrected chi connectivity index (χ3v) is 11.2. The van der Waals surface area contributed by atoms with Crippen LogP contribution in [0.15, 0.2) is 53.6 Å². The summed E-state index contributed by atoms with van der Waals surface area (Å²) in [7, 11) is 6.84. The van der Waals surface area contributed by atoms with Crippen molar-refractivity contribution in [2.75, 3.05) is 20.8 Å². The van der Waals surface area contributed by atoms with E-state index in [2.05, 4.69) is 5.32 Å². The summed E-state index contributed by atoms with van der Waals surface area (Å²) >= 11 is 0. The number of aromatic nitrogens is 2. The lowest BCUT2D eigenvalue weighted by atomic mass is 9.57. The first kappa shape index (κ1) is 34.3. The van der Waals surface area contributed by atoms with Gasteiger partial charge in [-0.05, 0) is 85.9 Å². The Labute approximate surface area is 296 Å². The van der Waals surface area contributed by atoms with Gasteiger partial charge in [0.2, 0.25) is 5.91 Å². The molecule has 11 heteroatoms. The molecule has 3 fully saturated rings. The number of carbonyl (C=O) groups is 4. The van der Waals surface area contributed by atoms with E-state index in [4.69, 9.17) is 9.47 Å². The number of aryl methyl sites for hydroxylation is 3. The van der Waals surface area contributed by atoms with Crippen LogP contribution in [0.5, 0.6) is 11.5 Å². The van der Waals surface area contributed by atoms with Crippen LogP contribution in [-0.2, 0) is 47.9 Å². The summed E-state index contributed by atoms with van der Waals surface area (Å²) in [6.07, 6.45) is 8.54. The molecule has 1 N–H and O–H groups in total. The van der Waals surface area contributed by atoms with Gasteiger partial charge in [-0.2, -0.15) is 0 Å². The number of hydrogen-bond donors (Lipinski definition) is 1. The van der Waals surface area contributed by atoms with E-state index in [1.165, 1.54) is 0 Å². The molecule has 0 atom stereocenters. The van der Waals surface area contributed by atoms with Gasteiger partial charge in [0.25, 0.3) is 11.5 Å². The number of ether oxygens (including phenoxy) is 2. The topological polar surface area (TPSA) is 129 Å². The number of fused-ring (bicyclic) bond motifs is 4. The zero-order valence-electron chi connectivity index (χ0n) is 29.7. The number of pyridine rings is 1. The number of nitrogens with one attached hydrogen (secondary N) is 1. The molecule has 51 heavy (non-hydrogen) atoms. The molecule has 2 aromatic heterocycles. The Balaban J connectivity index is 0.910. The fourth-order valence-electron chi connectivity index (χ4n) is 8.33. The molecular weight excluding hydrogens is 648 g/mol. The number of unbranched alkanes of at least 4 members (excludes halogenated alkanes) is 1. The van der Waals surface area contributed by atoms with E-state index in [9.17, 15) is 24.0 Å². The Bertz CT molecular complexity index is 2110. The summed E-state index contributed by atoms with van der Waals surface area (Å²) in [6, 6.07) is 11.6. The standard InChI is InChI=1S/C40H44N4O7/c1-42-16-14-27-30(22-43(2)39(49)37(27)42)25-17-33(50-3)29(34(18-25)51-4)12-8-13-36(47)41-15-6-5-9-24-10-7-11-28-31(24)23-44(38(28)48)40-20-26(21-40)32(45)19-35(40)46/h7,10-11,14,16-18,22,26H,5-6,8-9,12-13,15,19-21,23H2,1-4H3,(H,41,47). The number of nitrogens with zero attached hydrogens (tertiary/aromatic N) is 3. The highest BCUT2D eigenvalue weighted by atomic mass is 16.5. The summed E-state index contributed by atoms with van der Waals surface area (Å²) in [6.45, 7) is 0.969. The molecule has 4 aliphatic rings. The number of benzene rings is 2. The van der Waals surface area contributed by atoms with Crippen molar-refractivity contribution in [1.29, 1.82) is 0 Å². The summed E-state index contributed by atoms with van der Waals surface area (Å²) < 4.78 is 15.0. The molecule has 2 aromatic carbocycles. The molecule has 3 saturated carbocycles. The van der Waals surface area contributed by atoms with Crippen molar-refractivity contribution < 1.29 is 28.7 Å². The van der Waals surface area contributed by atoms with Crippen LogP contribution in [0.3, 0.4) is 0 Å². The molecule has 266 valence electrons. The summed E-state index contributed by atoms with van der Waals surface area (Å²) in [5.74, 6) is 1.01. The van der Waals surface area contributed by atoms with Gasteiger partial charge in [0, 0.05) is 74.0 Å². The molecular formula is C40H44N4O7. The zero-order chi connectivity index (χ0) is 36.0. The van der Waals surface area contributed by atoms with Crippen LogP contribution < -0.4 is 20.3 Å². The second kappa shape index (κ2) is 13.5. The predicted octanol–water partition coefficient (Wildman–Crippen LogP) is 4.67. The maximum absolute atomic E-state index is 13.4. The maximum Gasteiger partial charge on any atom is 0.274 e. The molecule has 3 aliphatic carbocycles. The van der Waals surface area contributed by atoms with Gasteiger partial charge in [-0.3, -0.25) is 24.0 Å². The van der Waals surface area contributed by atoms with E-state index in [0.29, 0.717) is 67.8 Å². The molecule has 0 unspecified atom stereocenters. The number of rotatable bonds is 13. The van der Waals surface area contributed by atoms with Crippen molar-refractivity contribution in [2.24, 2.45) is 20.0 Å². The van der Waals surface area contributed by atoms with Gasteiger partial charge in [0.15, 0.2) is 5.78 Å². The van der Waals surface area contributed by atoms with Crippen molar-refractivity contribution in [3.8, 4) is 22.6 Å². The minimum Gasteiger partial charge on any atom is -0.496 e. The molecule has 0 radical (unpaired) electrons. The van der Waals surface area contributed by atoms with Crippen LogP contribution in [0.2, 0.25) is 0 Å². The van der Waals surface area contributed by atoms with Crippen LogP contribution >= 0.6 is 0 Å². The Morgan fingerprint density at radius 1 is 0.922 bits per heavy atom. The normalized spacial score (nSPS) is 19.3. The Morgan fingerprint density at radius 3 is 2.37 bits per heavy atom. The number of Topliss-reactive ketones (excluding diaryl/α,β-unsaturated/α-hetero) is 2. The third-order valence-electron chi connectivity index (χ3n) is 11.2. The maximum atomic E-state index is 13.4. The highest BCUT2D eigenvalue weighted by Gasteiger charge is 2.62. The molecule has 0 spiro atoms. The van der Waals surface area contributed by atoms with E-state index in [1.807, 2.05) is 60.4 Å². The van der Waals surface area contributed by atoms with Gasteiger partial charge in [-0.25, -0.2) is 0 Å². The molecule has 3 heterocycles. The van der Waals surface area contributed by atoms with Gasteiger partial charge >= 0.3 is 0 Å². The second-order valence-electron chi connectivity index (χ2n) is 14.2. The van der Waals surface area contributed by atoms with Gasteiger partial charge < -0.3 is 28.8 Å². The third kappa shape index (κ3) is 5.92. The number of amides is 2. The van der Waals surface area contributed by atoms with Crippen LogP contribution in [0, 0.1) is 5.92 Å². The predicted molar refractivity (Wildman–Crippen MR) is 192 cm³/mol. The van der Waals surface area contributed by atoms with E-state index >= 15 is 0 Å². The average Bonchev–Trinajstić information content (AvgIpc) is 3.65. The van der Waals surface area contributed by atoms with E-state index in [-0.39, 0.29) is 41.3 Å². The molecule has 2 bridgehead atoms. The molecule has 4 aromatic rings. The SMILES string of the molecule is COc1cc(-c2cn(C)c(=O)c3c2ccn3C)cc(OC)c1CCCC(=O)NCCCCc1cccc2c1CN(C13CC(C1)C(=O)CC3=O)C2=O. The molecule has 1 aliphatic heterocycles. The first-order valence-corrected chi connectivity index (χ1v) is 17.7. The van der Waals surface area contributed by atoms with E-state index < -0.39 is 5.54 Å². The van der Waals surface area contributed by atoms with Crippen LogP contribution in [0.25, 0.3) is 22.0 Å². The van der Waals surface area contributed by atoms with Gasteiger partial charge in [0.05, 0.1) is 20.6 Å². The average molecular weight is 693 g/mol. The highest BCUT2D eigenvalue weighted by Crippen LogP contribution is 2.51. The van der Waals surface area contributed by atoms with Crippen LogP contribution in [0.4, 0.5) is 0 Å². The molecule has 0 saturated heterocycles. The molecule has 8 rings (SSSR count). The number of carbonyl (C=O) groups excluding carboxylic acids is 4. The molecule has 2 amide bonds. The number of methoxy groups -OCH3 is 2. The smallest absolute Gasteiger partial charge is 0.274 e. The molecule has 11 nitrogen and oxygen atoms in total. The zero-order valence-corrected chi connectivity index (χ0v) is 29.7. The lowest BCUT2D eigenvalue weighted by molar-refractivity contribution is -0.156. The minimum absolute atomic E-state index is 0.0126. The monoisotopic (exact) mass is 692 g/mol. The Morgan fingerprint density at radius 2 is 1.67 bits per heavy atom. The largest absolute Gasteiger partial charge is 0.496 e. The quantitative estimate of drug-likeness (QED) is 0.159. The van der Waals surface area contributed by atoms with Crippen molar-refractivity contribution in [3.05, 3.63) is 81.4 Å². The minimum atomic E-state index is -0.810. The Hall–Kier alpha value is -5.19. The van der Waals surface area contributed by atoms with Gasteiger partial charge in [-0.1, -0.05) is 12.1 Å². The van der Waals surface area contributed by atoms with Gasteiger partial charge in [0.1, 0.15) is 28.3 Å². The van der Waals surface area contributed by atoms with Crippen molar-refractivity contribution in [2.45, 2.75) is 69.9 Å². The van der Waals surface area contributed by atoms with Crippen LogP contribution in [-0.4, -0.2) is 63.7 Å². The van der Waals surface area contributed by atoms with E-state index in [1.54, 1.807) is 30.7 Å².